The van der Waals surface area contributed by atoms with Gasteiger partial charge in [0.05, 0.1) is 18.3 Å². The Morgan fingerprint density at radius 2 is 0.764 bits per heavy atom. The molecule has 0 bridgehead atoms. The van der Waals surface area contributed by atoms with E-state index in [2.05, 4.69) is 155 Å². The molecule has 89 heavy (non-hydrogen) atoms. The van der Waals surface area contributed by atoms with E-state index in [1.165, 1.54) is 154 Å². The molecule has 0 saturated heterocycles. The minimum absolute atomic E-state index is 0.0790. The molecule has 0 aromatic rings. The lowest BCUT2D eigenvalue weighted by Crippen LogP contribution is -2.50. The fourth-order valence-electron chi connectivity index (χ4n) is 26.8. The highest BCUT2D eigenvalue weighted by atomic mass is 16.3. The second-order valence-corrected chi connectivity index (χ2v) is 38.0. The van der Waals surface area contributed by atoms with E-state index in [1.54, 1.807) is 16.7 Å². The Balaban J connectivity index is 0.000000147. The van der Waals surface area contributed by atoms with Crippen molar-refractivity contribution in [3.63, 3.8) is 0 Å². The first-order valence-electron chi connectivity index (χ1n) is 39.9. The van der Waals surface area contributed by atoms with Crippen LogP contribution in [0, 0.1) is 157 Å². The van der Waals surface area contributed by atoms with E-state index in [1.807, 2.05) is 0 Å². The molecule has 12 rings (SSSR count). The van der Waals surface area contributed by atoms with Gasteiger partial charge in [-0.15, -0.1) is 0 Å². The topological polar surface area (TPSA) is 60.7 Å². The van der Waals surface area contributed by atoms with Crippen LogP contribution in [0.25, 0.3) is 0 Å². The Morgan fingerprint density at radius 3 is 1.11 bits per heavy atom. The van der Waals surface area contributed by atoms with Crippen LogP contribution in [-0.4, -0.2) is 33.6 Å². The average Bonchev–Trinajstić information content (AvgIpc) is 1.73. The molecule has 0 aromatic heterocycles. The lowest BCUT2D eigenvalue weighted by atomic mass is 9.47. The average molecular weight is 1230 g/mol. The van der Waals surface area contributed by atoms with Crippen molar-refractivity contribution in [1.29, 1.82) is 0 Å². The van der Waals surface area contributed by atoms with Crippen molar-refractivity contribution in [2.45, 2.75) is 336 Å². The van der Waals surface area contributed by atoms with Gasteiger partial charge >= 0.3 is 0 Å². The molecular formula is C86H146O3. The summed E-state index contributed by atoms with van der Waals surface area (Å²) in [6.07, 6.45) is 51.9. The number of rotatable bonds is 16. The highest BCUT2D eigenvalue weighted by Gasteiger charge is 2.62. The third kappa shape index (κ3) is 13.4. The van der Waals surface area contributed by atoms with E-state index in [-0.39, 0.29) is 18.3 Å². The second-order valence-electron chi connectivity index (χ2n) is 38.0. The van der Waals surface area contributed by atoms with Gasteiger partial charge in [-0.1, -0.05) is 197 Å². The molecule has 0 radical (unpaired) electrons. The highest BCUT2D eigenvalue weighted by Crippen LogP contribution is 2.71. The summed E-state index contributed by atoms with van der Waals surface area (Å²) in [5.41, 5.74) is 7.68. The molecule has 12 aliphatic carbocycles. The van der Waals surface area contributed by atoms with Crippen LogP contribution in [0.5, 0.6) is 0 Å². The number of aliphatic hydroxyl groups is 3. The van der Waals surface area contributed by atoms with Crippen LogP contribution in [0.4, 0.5) is 0 Å². The van der Waals surface area contributed by atoms with Gasteiger partial charge in [-0.3, -0.25) is 0 Å². The molecule has 3 heteroatoms. The molecule has 12 aliphatic rings. The molecule has 508 valence electrons. The van der Waals surface area contributed by atoms with Crippen LogP contribution in [0.2, 0.25) is 0 Å². The molecular weight excluding hydrogens is 1080 g/mol. The Bertz CT molecular complexity index is 2460. The SMILES string of the molecule is CC(C)[C@@H](C)CC[C@@H](C)[C@H]1CC[C@H]2[C@@H]3CC=C4C[C@@H](O)CC[C@]4(C)[C@H]3CC[C@]12C.CC[C@@H](CC[C@@H](C)[C@H]1CC[C@H]2[C@@H]3CC=C4C[C@@H](O)CC[C@]4(C)[C@H]3CC[C@]12C)C(C)C.CC[C@H](/C=C/[C@@H](C)[C@H]1CC[C@H]2[C@@H]3CC=C4C[C@@H](O)CC[C@]4(C)[C@H]3CC[C@]12C)C(C)C. The highest BCUT2D eigenvalue weighted by molar-refractivity contribution is 5.28. The third-order valence-electron chi connectivity index (χ3n) is 33.1. The smallest absolute Gasteiger partial charge is 0.0577 e. The summed E-state index contributed by atoms with van der Waals surface area (Å²) in [6, 6.07) is 0. The van der Waals surface area contributed by atoms with Crippen molar-refractivity contribution in [2.24, 2.45) is 157 Å². The molecule has 0 spiro atoms. The molecule has 3 N–H and O–H groups in total. The quantitative estimate of drug-likeness (QED) is 0.135. The van der Waals surface area contributed by atoms with Gasteiger partial charge in [-0.2, -0.15) is 0 Å². The minimum Gasteiger partial charge on any atom is -0.393 e. The molecule has 9 saturated carbocycles. The maximum Gasteiger partial charge on any atom is 0.0577 e. The van der Waals surface area contributed by atoms with Crippen LogP contribution in [0.15, 0.2) is 47.1 Å². The number of allylic oxidation sites excluding steroid dienone is 5. The van der Waals surface area contributed by atoms with Gasteiger partial charge in [0.25, 0.3) is 0 Å². The van der Waals surface area contributed by atoms with Crippen molar-refractivity contribution in [3.05, 3.63) is 47.1 Å². The lowest BCUT2D eigenvalue weighted by molar-refractivity contribution is -0.0575. The van der Waals surface area contributed by atoms with Crippen LogP contribution >= 0.6 is 0 Å². The van der Waals surface area contributed by atoms with E-state index in [9.17, 15) is 15.3 Å². The number of hydrogen-bond acceptors (Lipinski definition) is 3. The van der Waals surface area contributed by atoms with Gasteiger partial charge < -0.3 is 15.3 Å². The number of aliphatic hydroxyl groups excluding tert-OH is 3. The number of hydrogen-bond donors (Lipinski definition) is 3. The van der Waals surface area contributed by atoms with Crippen LogP contribution < -0.4 is 0 Å². The van der Waals surface area contributed by atoms with Gasteiger partial charge in [0.15, 0.2) is 0 Å². The molecule has 0 unspecified atom stereocenters. The van der Waals surface area contributed by atoms with Crippen molar-refractivity contribution in [2.75, 3.05) is 0 Å². The first-order valence-corrected chi connectivity index (χ1v) is 39.9. The summed E-state index contributed by atoms with van der Waals surface area (Å²) < 4.78 is 0. The van der Waals surface area contributed by atoms with Crippen molar-refractivity contribution in [1.82, 2.24) is 0 Å². The predicted octanol–water partition coefficient (Wildman–Crippen LogP) is 23.5. The third-order valence-corrected chi connectivity index (χ3v) is 33.1. The molecule has 27 atom stereocenters. The maximum absolute atomic E-state index is 10.2. The first kappa shape index (κ1) is 70.6. The molecule has 9 fully saturated rings. The summed E-state index contributed by atoms with van der Waals surface area (Å²) in [7, 11) is 0. The van der Waals surface area contributed by atoms with Crippen LogP contribution in [0.1, 0.15) is 317 Å². The Labute approximate surface area is 551 Å². The van der Waals surface area contributed by atoms with Gasteiger partial charge in [0, 0.05) is 0 Å². The Morgan fingerprint density at radius 1 is 0.393 bits per heavy atom. The molecule has 0 aliphatic heterocycles. The van der Waals surface area contributed by atoms with Gasteiger partial charge in [0.2, 0.25) is 0 Å². The summed E-state index contributed by atoms with van der Waals surface area (Å²) in [6.45, 7) is 45.0. The first-order chi connectivity index (χ1) is 42.1. The van der Waals surface area contributed by atoms with Gasteiger partial charge in [-0.25, -0.2) is 0 Å². The summed E-state index contributed by atoms with van der Waals surface area (Å²) >= 11 is 0. The fraction of sp³-hybridized carbons (Fsp3) is 0.907. The molecule has 0 aromatic carbocycles. The Hall–Kier alpha value is -1.16. The zero-order chi connectivity index (χ0) is 64.3. The number of fused-ring (bicyclic) bond motifs is 15. The van der Waals surface area contributed by atoms with Crippen LogP contribution in [-0.2, 0) is 0 Å². The lowest BCUT2D eigenvalue weighted by Gasteiger charge is -2.58. The normalized spacial score (nSPS) is 45.8. The van der Waals surface area contributed by atoms with Crippen LogP contribution in [0.3, 0.4) is 0 Å². The summed E-state index contributed by atoms with van der Waals surface area (Å²) in [5.74, 6) is 18.2. The molecule has 3 nitrogen and oxygen atoms in total. The predicted molar refractivity (Wildman–Crippen MR) is 380 cm³/mol. The molecule has 0 heterocycles. The largest absolute Gasteiger partial charge is 0.393 e. The second kappa shape index (κ2) is 28.1. The monoisotopic (exact) mass is 1230 g/mol. The zero-order valence-corrected chi connectivity index (χ0v) is 61.8. The maximum atomic E-state index is 10.2. The van der Waals surface area contributed by atoms with Crippen molar-refractivity contribution in [3.8, 4) is 0 Å². The van der Waals surface area contributed by atoms with Crippen molar-refractivity contribution < 1.29 is 15.3 Å². The molecule has 0 amide bonds. The Kier molecular flexibility index (Phi) is 22.3. The minimum atomic E-state index is -0.0870. The fourth-order valence-corrected chi connectivity index (χ4v) is 26.8. The van der Waals surface area contributed by atoms with Gasteiger partial charge in [-0.05, 0) is 324 Å². The zero-order valence-electron chi connectivity index (χ0n) is 61.8. The summed E-state index contributed by atoms with van der Waals surface area (Å²) in [5, 5.41) is 30.7. The van der Waals surface area contributed by atoms with E-state index < -0.39 is 0 Å². The van der Waals surface area contributed by atoms with Gasteiger partial charge in [0.1, 0.15) is 0 Å². The van der Waals surface area contributed by atoms with E-state index in [0.717, 1.165) is 157 Å². The van der Waals surface area contributed by atoms with E-state index >= 15 is 0 Å². The summed E-state index contributed by atoms with van der Waals surface area (Å²) in [4.78, 5) is 0. The standard InChI is InChI=1S/C29H50O.C29H48O.C28H48O/c2*1-7-21(19(2)3)9-8-20(4)25-12-13-26-24-11-10-22-18-23(30)14-16-28(22,5)27(24)15-17-29(25,26)6;1-18(2)19(3)7-8-20(4)24-11-12-25-23-10-9-21-17-22(29)13-15-27(21,5)26(23)14-16-28(24,25)6/h10,19-21,23-27,30H,7-9,11-18H2,1-6H3;8-10,19-21,23-27,30H,7,11-18H2,1-6H3;9,18-20,22-26,29H,7-8,10-17H2,1-6H3/b;9-8+;/t20-,21+,23+,24+,25-,26+,27+,28+,29-;20-,21-,23+,24+,25-,26+,27+,28+,29-;19-,20+,22-,23-,24+,25-,26-,27-,28+/m110/s1. The van der Waals surface area contributed by atoms with Crippen molar-refractivity contribution >= 4 is 0 Å². The van der Waals surface area contributed by atoms with E-state index in [0.29, 0.717) is 38.4 Å². The van der Waals surface area contributed by atoms with E-state index in [4.69, 9.17) is 0 Å².